The Bertz CT molecular complexity index is 1230. The normalized spacial score (nSPS) is 17.6. The summed E-state index contributed by atoms with van der Waals surface area (Å²) in [5.41, 5.74) is 2.70. The molecule has 2 aromatic rings. The van der Waals surface area contributed by atoms with Crippen molar-refractivity contribution in [3.05, 3.63) is 48.0 Å². The summed E-state index contributed by atoms with van der Waals surface area (Å²) in [6.07, 6.45) is -1.24. The number of carbonyl (C=O) groups excluding carboxylic acids is 1. The zero-order valence-corrected chi connectivity index (χ0v) is 23.0. The van der Waals surface area contributed by atoms with Crippen molar-refractivity contribution in [1.29, 1.82) is 0 Å². The fourth-order valence-corrected chi connectivity index (χ4v) is 5.00. The largest absolute Gasteiger partial charge is 0.496 e. The lowest BCUT2D eigenvalue weighted by Gasteiger charge is -2.27. The van der Waals surface area contributed by atoms with Crippen LogP contribution in [0.3, 0.4) is 0 Å². The van der Waals surface area contributed by atoms with Gasteiger partial charge in [0.05, 0.1) is 12.0 Å². The van der Waals surface area contributed by atoms with Crippen molar-refractivity contribution in [2.45, 2.75) is 49.3 Å². The Morgan fingerprint density at radius 3 is 2.03 bits per heavy atom. The van der Waals surface area contributed by atoms with Crippen LogP contribution in [0.25, 0.3) is 11.1 Å². The Hall–Kier alpha value is -3.16. The number of nitrogens with zero attached hydrogens (tertiary/aromatic N) is 1. The van der Waals surface area contributed by atoms with Crippen LogP contribution in [0.2, 0.25) is 0 Å². The summed E-state index contributed by atoms with van der Waals surface area (Å²) < 4.78 is 63.0. The molecule has 0 aliphatic heterocycles. The van der Waals surface area contributed by atoms with Crippen LogP contribution in [0.15, 0.2) is 47.4 Å². The maximum Gasteiger partial charge on any atom is 0.490 e. The minimum Gasteiger partial charge on any atom is -0.496 e. The van der Waals surface area contributed by atoms with Crippen LogP contribution in [0.4, 0.5) is 13.2 Å². The molecule has 0 atom stereocenters. The molecule has 216 valence electrons. The van der Waals surface area contributed by atoms with Crippen molar-refractivity contribution >= 4 is 21.9 Å². The molecule has 2 aromatic carbocycles. The number of alkyl halides is 3. The van der Waals surface area contributed by atoms with Crippen molar-refractivity contribution < 1.29 is 41.0 Å². The average molecular weight is 574 g/mol. The number of carbonyl (C=O) groups is 2. The molecule has 1 aliphatic carbocycles. The van der Waals surface area contributed by atoms with Crippen molar-refractivity contribution in [3.63, 3.8) is 0 Å². The van der Waals surface area contributed by atoms with Crippen LogP contribution in [-0.4, -0.2) is 70.2 Å². The van der Waals surface area contributed by atoms with Crippen LogP contribution in [0, 0.1) is 5.92 Å². The zero-order valence-electron chi connectivity index (χ0n) is 22.2. The zero-order chi connectivity index (χ0) is 29.4. The molecule has 0 bridgehead atoms. The predicted molar refractivity (Wildman–Crippen MR) is 140 cm³/mol. The third-order valence-electron chi connectivity index (χ3n) is 6.45. The third kappa shape index (κ3) is 8.94. The summed E-state index contributed by atoms with van der Waals surface area (Å²) in [7, 11) is 3.14. The van der Waals surface area contributed by atoms with E-state index in [1.54, 1.807) is 31.4 Å². The first-order valence-electron chi connectivity index (χ1n) is 12.2. The molecule has 0 aromatic heterocycles. The number of sulfonamides is 1. The highest BCUT2D eigenvalue weighted by Gasteiger charge is 2.38. The third-order valence-corrected chi connectivity index (χ3v) is 8.28. The Balaban J connectivity index is 0.000000673. The summed E-state index contributed by atoms with van der Waals surface area (Å²) >= 11 is 0. The van der Waals surface area contributed by atoms with E-state index in [1.165, 1.54) is 18.4 Å². The van der Waals surface area contributed by atoms with Crippen LogP contribution in [0.1, 0.15) is 31.2 Å². The Morgan fingerprint density at radius 2 is 1.56 bits per heavy atom. The Labute approximate surface area is 226 Å². The Morgan fingerprint density at radius 1 is 1.03 bits per heavy atom. The van der Waals surface area contributed by atoms with Crippen LogP contribution >= 0.6 is 0 Å². The highest BCUT2D eigenvalue weighted by Crippen LogP contribution is 2.29. The van der Waals surface area contributed by atoms with E-state index in [0.717, 1.165) is 42.4 Å². The van der Waals surface area contributed by atoms with Gasteiger partial charge in [-0.3, -0.25) is 4.79 Å². The molecule has 13 heteroatoms. The van der Waals surface area contributed by atoms with E-state index < -0.39 is 22.2 Å². The quantitative estimate of drug-likeness (QED) is 0.440. The topological polar surface area (TPSA) is 125 Å². The molecule has 3 rings (SSSR count). The molecule has 0 unspecified atom stereocenters. The molecule has 9 nitrogen and oxygen atoms in total. The van der Waals surface area contributed by atoms with Gasteiger partial charge in [-0.25, -0.2) is 17.5 Å². The fourth-order valence-electron chi connectivity index (χ4n) is 4.10. The minimum absolute atomic E-state index is 0.0555. The lowest BCUT2D eigenvalue weighted by Crippen LogP contribution is -2.37. The minimum atomic E-state index is -5.08. The molecule has 3 N–H and O–H groups in total. The van der Waals surface area contributed by atoms with Crippen LogP contribution in [-0.2, 0) is 26.2 Å². The molecule has 0 spiro atoms. The van der Waals surface area contributed by atoms with Gasteiger partial charge in [-0.2, -0.15) is 13.2 Å². The number of aliphatic carboxylic acids is 1. The summed E-state index contributed by atoms with van der Waals surface area (Å²) in [4.78, 5) is 21.8. The van der Waals surface area contributed by atoms with E-state index >= 15 is 0 Å². The monoisotopic (exact) mass is 573 g/mol. The van der Waals surface area contributed by atoms with Crippen molar-refractivity contribution in [2.24, 2.45) is 5.92 Å². The van der Waals surface area contributed by atoms with Crippen molar-refractivity contribution in [3.8, 4) is 16.9 Å². The molecular weight excluding hydrogens is 539 g/mol. The van der Waals surface area contributed by atoms with Crippen LogP contribution < -0.4 is 15.4 Å². The lowest BCUT2D eigenvalue weighted by molar-refractivity contribution is -0.192. The maximum absolute atomic E-state index is 12.7. The number of hydrogen-bond acceptors (Lipinski definition) is 6. The van der Waals surface area contributed by atoms with Gasteiger partial charge in [-0.1, -0.05) is 18.2 Å². The molecule has 0 heterocycles. The lowest BCUT2D eigenvalue weighted by atomic mass is 9.85. The van der Waals surface area contributed by atoms with Crippen molar-refractivity contribution in [1.82, 2.24) is 14.9 Å². The van der Waals surface area contributed by atoms with Gasteiger partial charge in [0.25, 0.3) is 0 Å². The number of amides is 1. The van der Waals surface area contributed by atoms with Gasteiger partial charge < -0.3 is 20.5 Å². The van der Waals surface area contributed by atoms with Gasteiger partial charge in [0.1, 0.15) is 5.75 Å². The SMILES string of the molecule is CNC1CCC(C(=O)NCc2cc(-c3ccc(S(=O)(=O)N(C)C)cc3)ccc2OC)CC1.O=C(O)C(F)(F)F. The maximum atomic E-state index is 12.7. The second-order valence-electron chi connectivity index (χ2n) is 9.20. The molecular formula is C26H34F3N3O6S. The van der Waals surface area contributed by atoms with Gasteiger partial charge in [0.2, 0.25) is 15.9 Å². The van der Waals surface area contributed by atoms with E-state index in [9.17, 15) is 26.4 Å². The number of nitrogens with one attached hydrogen (secondary N) is 2. The number of carboxylic acid groups (broad SMARTS) is 1. The number of benzene rings is 2. The highest BCUT2D eigenvalue weighted by molar-refractivity contribution is 7.89. The average Bonchev–Trinajstić information content (AvgIpc) is 2.91. The van der Waals surface area contributed by atoms with E-state index in [-0.39, 0.29) is 16.7 Å². The molecule has 1 saturated carbocycles. The Kier molecular flexibility index (Phi) is 11.3. The summed E-state index contributed by atoms with van der Waals surface area (Å²) in [5, 5.41) is 13.5. The highest BCUT2D eigenvalue weighted by atomic mass is 32.2. The number of methoxy groups -OCH3 is 1. The standard InChI is InChI=1S/C24H33N3O4S.C2HF3O2/c1-25-21-10-5-18(6-11-21)24(28)26-16-20-15-19(9-14-23(20)31-4)17-7-12-22(13-8-17)32(29,30)27(2)3;3-2(4,5)1(6)7/h7-9,12-15,18,21,25H,5-6,10-11,16H2,1-4H3,(H,26,28);(H,6,7). The number of rotatable bonds is 8. The first-order chi connectivity index (χ1) is 18.2. The molecule has 39 heavy (non-hydrogen) atoms. The fraction of sp³-hybridized carbons (Fsp3) is 0.462. The summed E-state index contributed by atoms with van der Waals surface area (Å²) in [6.45, 7) is 0.384. The molecule has 1 amide bonds. The number of ether oxygens (including phenoxy) is 1. The first-order valence-corrected chi connectivity index (χ1v) is 13.6. The van der Waals surface area contributed by atoms with Gasteiger partial charge in [0.15, 0.2) is 0 Å². The first kappa shape index (κ1) is 32.1. The van der Waals surface area contributed by atoms with E-state index in [0.29, 0.717) is 18.3 Å². The second-order valence-corrected chi connectivity index (χ2v) is 11.3. The smallest absolute Gasteiger partial charge is 0.490 e. The predicted octanol–water partition coefficient (Wildman–Crippen LogP) is 3.64. The molecule has 0 radical (unpaired) electrons. The summed E-state index contributed by atoms with van der Waals surface area (Å²) in [6, 6.07) is 13.1. The number of hydrogen-bond donors (Lipinski definition) is 3. The van der Waals surface area contributed by atoms with Gasteiger partial charge in [0, 0.05) is 38.2 Å². The second kappa shape index (κ2) is 13.8. The van der Waals surface area contributed by atoms with E-state index in [4.69, 9.17) is 14.6 Å². The number of halogens is 3. The number of carboxylic acids is 1. The van der Waals surface area contributed by atoms with Crippen LogP contribution in [0.5, 0.6) is 5.75 Å². The van der Waals surface area contributed by atoms with E-state index in [1.807, 2.05) is 25.2 Å². The molecule has 1 aliphatic rings. The summed E-state index contributed by atoms with van der Waals surface area (Å²) in [5.74, 6) is -1.91. The van der Waals surface area contributed by atoms with Gasteiger partial charge >= 0.3 is 12.1 Å². The van der Waals surface area contributed by atoms with Gasteiger partial charge in [-0.15, -0.1) is 0 Å². The van der Waals surface area contributed by atoms with E-state index in [2.05, 4.69) is 10.6 Å². The molecule has 0 saturated heterocycles. The van der Waals surface area contributed by atoms with Crippen molar-refractivity contribution in [2.75, 3.05) is 28.3 Å². The van der Waals surface area contributed by atoms with Gasteiger partial charge in [-0.05, 0) is 68.1 Å². The molecule has 1 fully saturated rings.